The van der Waals surface area contributed by atoms with Crippen molar-refractivity contribution in [3.8, 4) is 0 Å². The van der Waals surface area contributed by atoms with Crippen molar-refractivity contribution in [2.24, 2.45) is 0 Å². The monoisotopic (exact) mass is 298 g/mol. The average molecular weight is 298 g/mol. The van der Waals surface area contributed by atoms with Crippen LogP contribution in [-0.2, 0) is 9.47 Å². The number of rotatable bonds is 8. The van der Waals surface area contributed by atoms with Crippen LogP contribution in [-0.4, -0.2) is 22.3 Å². The topological polar surface area (TPSA) is 62.5 Å². The summed E-state index contributed by atoms with van der Waals surface area (Å²) in [5.41, 5.74) is -1.75. The molecule has 0 aliphatic rings. The van der Waals surface area contributed by atoms with Gasteiger partial charge in [0.25, 0.3) is 5.56 Å². The second-order valence-electron chi connectivity index (χ2n) is 4.28. The third kappa shape index (κ3) is 3.99. The number of aromatic nitrogens is 2. The molecule has 1 rings (SSSR count). The predicted molar refractivity (Wildman–Crippen MR) is 76.6 cm³/mol. The largest absolute Gasteiger partial charge is 0.354 e. The predicted octanol–water partition coefficient (Wildman–Crippen LogP) is 1.59. The van der Waals surface area contributed by atoms with Crippen LogP contribution >= 0.6 is 0 Å². The van der Waals surface area contributed by atoms with Crippen molar-refractivity contribution in [1.29, 1.82) is 0 Å². The molecule has 0 aliphatic heterocycles. The van der Waals surface area contributed by atoms with Crippen molar-refractivity contribution < 1.29 is 13.9 Å². The maximum Gasteiger partial charge on any atom is 0.335 e. The van der Waals surface area contributed by atoms with Gasteiger partial charge in [-0.2, -0.15) is 4.39 Å². The zero-order valence-electron chi connectivity index (χ0n) is 12.1. The molecule has 0 spiro atoms. The normalized spacial score (nSPS) is 13.7. The summed E-state index contributed by atoms with van der Waals surface area (Å²) >= 11 is 0. The van der Waals surface area contributed by atoms with E-state index >= 15 is 0 Å². The van der Waals surface area contributed by atoms with Crippen LogP contribution < -0.4 is 11.2 Å². The Kier molecular flexibility index (Phi) is 6.26. The summed E-state index contributed by atoms with van der Waals surface area (Å²) in [7, 11) is 0. The van der Waals surface area contributed by atoms with Crippen molar-refractivity contribution >= 4 is 0 Å². The summed E-state index contributed by atoms with van der Waals surface area (Å²) in [6, 6.07) is 0. The second kappa shape index (κ2) is 7.70. The highest BCUT2D eigenvalue weighted by Gasteiger charge is 2.19. The van der Waals surface area contributed by atoms with E-state index in [1.165, 1.54) is 19.1 Å². The van der Waals surface area contributed by atoms with Crippen molar-refractivity contribution in [3.05, 3.63) is 58.2 Å². The van der Waals surface area contributed by atoms with Crippen LogP contribution in [0.15, 0.2) is 41.1 Å². The molecular formula is C14H19FN2O4. The van der Waals surface area contributed by atoms with E-state index in [1.807, 2.05) is 0 Å². The van der Waals surface area contributed by atoms with Crippen LogP contribution in [0, 0.1) is 5.82 Å². The van der Waals surface area contributed by atoms with Gasteiger partial charge in [0, 0.05) is 0 Å². The van der Waals surface area contributed by atoms with Crippen LogP contribution in [0.4, 0.5) is 4.39 Å². The van der Waals surface area contributed by atoms with Gasteiger partial charge in [-0.25, -0.2) is 9.36 Å². The van der Waals surface area contributed by atoms with E-state index in [1.54, 1.807) is 6.92 Å². The quantitative estimate of drug-likeness (QED) is 0.684. The lowest BCUT2D eigenvalue weighted by Crippen LogP contribution is -2.44. The molecule has 116 valence electrons. The molecule has 6 nitrogen and oxygen atoms in total. The molecule has 1 aromatic heterocycles. The molecule has 0 aliphatic carbocycles. The minimum absolute atomic E-state index is 0.131. The SMILES string of the molecule is C=CCOC(C)n1cc(F)c(=O)n(C(C)OCC=C)c1=O. The standard InChI is InChI=1S/C14H19FN2O4/c1-5-7-20-10(3)16-9-12(15)13(18)17(14(16)19)11(4)21-8-6-2/h5-6,9-11H,1-2,7-8H2,3-4H3. The van der Waals surface area contributed by atoms with E-state index in [9.17, 15) is 14.0 Å². The zero-order chi connectivity index (χ0) is 16.0. The molecule has 1 aromatic rings. The fourth-order valence-corrected chi connectivity index (χ4v) is 1.71. The number of ether oxygens (including phenoxy) is 2. The molecule has 7 heteroatoms. The molecule has 0 saturated heterocycles. The number of hydrogen-bond acceptors (Lipinski definition) is 4. The van der Waals surface area contributed by atoms with E-state index in [4.69, 9.17) is 9.47 Å². The number of nitrogens with zero attached hydrogens (tertiary/aromatic N) is 2. The van der Waals surface area contributed by atoms with Crippen LogP contribution in [0.1, 0.15) is 26.3 Å². The Balaban J connectivity index is 3.28. The van der Waals surface area contributed by atoms with E-state index in [0.29, 0.717) is 4.57 Å². The van der Waals surface area contributed by atoms with Gasteiger partial charge >= 0.3 is 5.69 Å². The average Bonchev–Trinajstić information content (AvgIpc) is 2.46. The molecule has 2 unspecified atom stereocenters. The smallest absolute Gasteiger partial charge is 0.335 e. The molecule has 0 aromatic carbocycles. The van der Waals surface area contributed by atoms with Crippen molar-refractivity contribution in [2.45, 2.75) is 26.3 Å². The van der Waals surface area contributed by atoms with Gasteiger partial charge in [-0.1, -0.05) is 12.2 Å². The molecular weight excluding hydrogens is 279 g/mol. The van der Waals surface area contributed by atoms with Gasteiger partial charge in [-0.3, -0.25) is 9.36 Å². The summed E-state index contributed by atoms with van der Waals surface area (Å²) in [5.74, 6) is -1.06. The highest BCUT2D eigenvalue weighted by molar-refractivity contribution is 4.92. The Morgan fingerprint density at radius 2 is 1.71 bits per heavy atom. The lowest BCUT2D eigenvalue weighted by atomic mass is 10.5. The van der Waals surface area contributed by atoms with Gasteiger partial charge in [0.1, 0.15) is 12.5 Å². The summed E-state index contributed by atoms with van der Waals surface area (Å²) in [5, 5.41) is 0. The lowest BCUT2D eigenvalue weighted by molar-refractivity contribution is 0.00999. The Hall–Kier alpha value is -1.99. The van der Waals surface area contributed by atoms with Crippen LogP contribution in [0.25, 0.3) is 0 Å². The van der Waals surface area contributed by atoms with E-state index in [2.05, 4.69) is 13.2 Å². The number of halogens is 1. The van der Waals surface area contributed by atoms with Gasteiger partial charge < -0.3 is 9.47 Å². The summed E-state index contributed by atoms with van der Waals surface area (Å²) in [6.45, 7) is 10.3. The highest BCUT2D eigenvalue weighted by Crippen LogP contribution is 2.07. The Morgan fingerprint density at radius 1 is 1.19 bits per heavy atom. The summed E-state index contributed by atoms with van der Waals surface area (Å²) in [4.78, 5) is 24.1. The van der Waals surface area contributed by atoms with Gasteiger partial charge in [0.2, 0.25) is 5.82 Å². The molecule has 21 heavy (non-hydrogen) atoms. The first-order chi connectivity index (χ1) is 9.93. The first-order valence-electron chi connectivity index (χ1n) is 6.42. The molecule has 1 heterocycles. The molecule has 0 N–H and O–H groups in total. The highest BCUT2D eigenvalue weighted by atomic mass is 19.1. The van der Waals surface area contributed by atoms with Gasteiger partial charge in [0.05, 0.1) is 19.4 Å². The number of hydrogen-bond donors (Lipinski definition) is 0. The first-order valence-corrected chi connectivity index (χ1v) is 6.42. The van der Waals surface area contributed by atoms with Crippen molar-refractivity contribution in [3.63, 3.8) is 0 Å². The minimum Gasteiger partial charge on any atom is -0.354 e. The molecule has 0 amide bonds. The van der Waals surface area contributed by atoms with Crippen LogP contribution in [0.5, 0.6) is 0 Å². The summed E-state index contributed by atoms with van der Waals surface area (Å²) < 4.78 is 25.9. The molecule has 2 atom stereocenters. The van der Waals surface area contributed by atoms with Gasteiger partial charge in [0.15, 0.2) is 0 Å². The molecule has 0 saturated carbocycles. The van der Waals surface area contributed by atoms with Crippen molar-refractivity contribution in [2.75, 3.05) is 13.2 Å². The molecule has 0 bridgehead atoms. The van der Waals surface area contributed by atoms with Crippen LogP contribution in [0.2, 0.25) is 0 Å². The second-order valence-corrected chi connectivity index (χ2v) is 4.28. The Morgan fingerprint density at radius 3 is 2.24 bits per heavy atom. The minimum atomic E-state index is -1.06. The third-order valence-corrected chi connectivity index (χ3v) is 2.77. The molecule has 0 fully saturated rings. The van der Waals surface area contributed by atoms with Gasteiger partial charge in [-0.05, 0) is 13.8 Å². The fourth-order valence-electron chi connectivity index (χ4n) is 1.71. The Bertz CT molecular complexity index is 620. The van der Waals surface area contributed by atoms with Gasteiger partial charge in [-0.15, -0.1) is 13.2 Å². The van der Waals surface area contributed by atoms with E-state index in [-0.39, 0.29) is 13.2 Å². The zero-order valence-corrected chi connectivity index (χ0v) is 12.1. The maximum atomic E-state index is 13.7. The first kappa shape index (κ1) is 17.1. The van der Waals surface area contributed by atoms with Crippen molar-refractivity contribution in [1.82, 2.24) is 9.13 Å². The third-order valence-electron chi connectivity index (χ3n) is 2.77. The Labute approximate surface area is 121 Å². The fraction of sp³-hybridized carbons (Fsp3) is 0.429. The van der Waals surface area contributed by atoms with Crippen LogP contribution in [0.3, 0.4) is 0 Å². The van der Waals surface area contributed by atoms with E-state index < -0.39 is 29.5 Å². The maximum absolute atomic E-state index is 13.7. The summed E-state index contributed by atoms with van der Waals surface area (Å²) in [6.07, 6.45) is 2.13. The molecule has 0 radical (unpaired) electrons. The van der Waals surface area contributed by atoms with E-state index in [0.717, 1.165) is 10.8 Å². The lowest BCUT2D eigenvalue weighted by Gasteiger charge is -2.19.